The Morgan fingerprint density at radius 1 is 0.935 bits per heavy atom. The summed E-state index contributed by atoms with van der Waals surface area (Å²) < 4.78 is 1.81. The van der Waals surface area contributed by atoms with Crippen LogP contribution in [-0.4, -0.2) is 27.4 Å². The Morgan fingerprint density at radius 3 is 2.13 bits per heavy atom. The van der Waals surface area contributed by atoms with E-state index in [0.29, 0.717) is 17.7 Å². The van der Waals surface area contributed by atoms with E-state index < -0.39 is 0 Å². The molecule has 1 aromatic heterocycles. The molecule has 4 aromatic rings. The second kappa shape index (κ2) is 9.41. The first-order chi connectivity index (χ1) is 15.2. The molecule has 0 saturated carbocycles. The average molecular weight is 412 g/mol. The molecule has 4 rings (SSSR count). The first-order valence-corrected chi connectivity index (χ1v) is 10.4. The lowest BCUT2D eigenvalue weighted by atomic mass is 10.0. The lowest BCUT2D eigenvalue weighted by Crippen LogP contribution is -2.30. The SMILES string of the molecule is Cc1c(C(=O)NC(CCO)c2ccccc2)c(-c2ccccc2)nn1-c1ccccc1. The molecule has 156 valence electrons. The van der Waals surface area contributed by atoms with Gasteiger partial charge < -0.3 is 10.4 Å². The molecule has 1 atom stereocenters. The van der Waals surface area contributed by atoms with Gasteiger partial charge in [-0.25, -0.2) is 4.68 Å². The molecule has 0 aliphatic rings. The maximum Gasteiger partial charge on any atom is 0.255 e. The van der Waals surface area contributed by atoms with Crippen molar-refractivity contribution in [1.82, 2.24) is 15.1 Å². The highest BCUT2D eigenvalue weighted by Crippen LogP contribution is 2.28. The van der Waals surface area contributed by atoms with Crippen molar-refractivity contribution < 1.29 is 9.90 Å². The van der Waals surface area contributed by atoms with Gasteiger partial charge in [0.05, 0.1) is 23.0 Å². The zero-order valence-electron chi connectivity index (χ0n) is 17.4. The predicted octanol–water partition coefficient (Wildman–Crippen LogP) is 4.70. The highest BCUT2D eigenvalue weighted by molar-refractivity contribution is 6.01. The van der Waals surface area contributed by atoms with Crippen molar-refractivity contribution >= 4 is 5.91 Å². The van der Waals surface area contributed by atoms with E-state index in [9.17, 15) is 9.90 Å². The van der Waals surface area contributed by atoms with E-state index in [-0.39, 0.29) is 18.6 Å². The van der Waals surface area contributed by atoms with E-state index >= 15 is 0 Å². The zero-order valence-corrected chi connectivity index (χ0v) is 17.4. The van der Waals surface area contributed by atoms with Crippen LogP contribution >= 0.6 is 0 Å². The molecule has 1 unspecified atom stereocenters. The van der Waals surface area contributed by atoms with Crippen LogP contribution in [0.2, 0.25) is 0 Å². The Bertz CT molecular complexity index is 1140. The molecular formula is C26H25N3O2. The fourth-order valence-corrected chi connectivity index (χ4v) is 3.76. The maximum atomic E-state index is 13.5. The van der Waals surface area contributed by atoms with E-state index in [4.69, 9.17) is 5.10 Å². The standard InChI is InChI=1S/C26H25N3O2/c1-19-24(26(31)27-23(17-18-30)20-11-5-2-6-12-20)25(21-13-7-3-8-14-21)28-29(19)22-15-9-4-10-16-22/h2-16,23,30H,17-18H2,1H3,(H,27,31). The molecule has 2 N–H and O–H groups in total. The molecule has 0 fully saturated rings. The Balaban J connectivity index is 1.77. The number of hydrogen-bond donors (Lipinski definition) is 2. The van der Waals surface area contributed by atoms with E-state index in [1.54, 1.807) is 4.68 Å². The number of carbonyl (C=O) groups is 1. The van der Waals surface area contributed by atoms with Gasteiger partial charge in [-0.15, -0.1) is 0 Å². The minimum absolute atomic E-state index is 0.0202. The van der Waals surface area contributed by atoms with Crippen LogP contribution in [0.4, 0.5) is 0 Å². The summed E-state index contributed by atoms with van der Waals surface area (Å²) >= 11 is 0. The number of rotatable bonds is 7. The normalized spacial score (nSPS) is 11.8. The van der Waals surface area contributed by atoms with Crippen LogP contribution in [0.1, 0.15) is 34.1 Å². The molecule has 0 bridgehead atoms. The van der Waals surface area contributed by atoms with E-state index in [1.807, 2.05) is 97.9 Å². The lowest BCUT2D eigenvalue weighted by molar-refractivity contribution is 0.0930. The molecule has 1 amide bonds. The van der Waals surface area contributed by atoms with Gasteiger partial charge in [0.25, 0.3) is 5.91 Å². The summed E-state index contributed by atoms with van der Waals surface area (Å²) in [7, 11) is 0. The number of aliphatic hydroxyl groups excluding tert-OH is 1. The first-order valence-electron chi connectivity index (χ1n) is 10.4. The third-order valence-electron chi connectivity index (χ3n) is 5.32. The molecular weight excluding hydrogens is 386 g/mol. The van der Waals surface area contributed by atoms with Crippen LogP contribution in [0, 0.1) is 6.92 Å². The number of aromatic nitrogens is 2. The summed E-state index contributed by atoms with van der Waals surface area (Å²) in [5.74, 6) is -0.208. The molecule has 1 heterocycles. The van der Waals surface area contributed by atoms with Crippen molar-refractivity contribution in [2.24, 2.45) is 0 Å². The molecule has 3 aromatic carbocycles. The molecule has 5 nitrogen and oxygen atoms in total. The summed E-state index contributed by atoms with van der Waals surface area (Å²) in [6, 6.07) is 28.9. The highest BCUT2D eigenvalue weighted by atomic mass is 16.3. The van der Waals surface area contributed by atoms with Crippen LogP contribution in [0.3, 0.4) is 0 Å². The minimum atomic E-state index is -0.290. The van der Waals surface area contributed by atoms with Gasteiger partial charge in [0.2, 0.25) is 0 Å². The summed E-state index contributed by atoms with van der Waals surface area (Å²) in [5, 5.41) is 17.5. The van der Waals surface area contributed by atoms with Gasteiger partial charge in [0.15, 0.2) is 0 Å². The number of para-hydroxylation sites is 1. The van der Waals surface area contributed by atoms with Gasteiger partial charge in [-0.05, 0) is 31.0 Å². The molecule has 5 heteroatoms. The molecule has 0 aliphatic carbocycles. The highest BCUT2D eigenvalue weighted by Gasteiger charge is 2.25. The summed E-state index contributed by atoms with van der Waals surface area (Å²) in [5.41, 5.74) is 4.66. The van der Waals surface area contributed by atoms with E-state index in [0.717, 1.165) is 22.5 Å². The Hall–Kier alpha value is -3.70. The van der Waals surface area contributed by atoms with Gasteiger partial charge in [-0.2, -0.15) is 5.10 Å². The number of nitrogens with zero attached hydrogens (tertiary/aromatic N) is 2. The van der Waals surface area contributed by atoms with Crippen molar-refractivity contribution in [1.29, 1.82) is 0 Å². The second-order valence-electron chi connectivity index (χ2n) is 7.37. The molecule has 0 radical (unpaired) electrons. The number of aliphatic hydroxyl groups is 1. The van der Waals surface area contributed by atoms with Crippen LogP contribution in [0.15, 0.2) is 91.0 Å². The summed E-state index contributed by atoms with van der Waals surface area (Å²) in [4.78, 5) is 13.5. The fraction of sp³-hybridized carbons (Fsp3) is 0.154. The van der Waals surface area contributed by atoms with Gasteiger partial charge in [0.1, 0.15) is 5.69 Å². The van der Waals surface area contributed by atoms with Crippen molar-refractivity contribution in [2.75, 3.05) is 6.61 Å². The molecule has 0 spiro atoms. The zero-order chi connectivity index (χ0) is 21.6. The number of carbonyl (C=O) groups excluding carboxylic acids is 1. The van der Waals surface area contributed by atoms with Crippen molar-refractivity contribution in [2.45, 2.75) is 19.4 Å². The maximum absolute atomic E-state index is 13.5. The minimum Gasteiger partial charge on any atom is -0.396 e. The van der Waals surface area contributed by atoms with E-state index in [2.05, 4.69) is 5.32 Å². The molecule has 31 heavy (non-hydrogen) atoms. The number of nitrogens with one attached hydrogen (secondary N) is 1. The number of hydrogen-bond acceptors (Lipinski definition) is 3. The Kier molecular flexibility index (Phi) is 6.24. The van der Waals surface area contributed by atoms with Crippen molar-refractivity contribution in [3.63, 3.8) is 0 Å². The van der Waals surface area contributed by atoms with Crippen molar-refractivity contribution in [3.8, 4) is 16.9 Å². The molecule has 0 saturated heterocycles. The quantitative estimate of drug-likeness (QED) is 0.463. The fourth-order valence-electron chi connectivity index (χ4n) is 3.76. The largest absolute Gasteiger partial charge is 0.396 e. The number of benzene rings is 3. The smallest absolute Gasteiger partial charge is 0.255 e. The Labute approximate surface area is 182 Å². The van der Waals surface area contributed by atoms with Gasteiger partial charge >= 0.3 is 0 Å². The van der Waals surface area contributed by atoms with E-state index in [1.165, 1.54) is 0 Å². The van der Waals surface area contributed by atoms with Gasteiger partial charge in [0, 0.05) is 12.2 Å². The van der Waals surface area contributed by atoms with Crippen LogP contribution in [0.5, 0.6) is 0 Å². The second-order valence-corrected chi connectivity index (χ2v) is 7.37. The third kappa shape index (κ3) is 4.42. The average Bonchev–Trinajstić information content (AvgIpc) is 3.17. The topological polar surface area (TPSA) is 67.2 Å². The monoisotopic (exact) mass is 411 g/mol. The summed E-state index contributed by atoms with van der Waals surface area (Å²) in [6.45, 7) is 1.89. The predicted molar refractivity (Wildman–Crippen MR) is 122 cm³/mol. The first kappa shape index (κ1) is 20.6. The van der Waals surface area contributed by atoms with Crippen LogP contribution in [-0.2, 0) is 0 Å². The Morgan fingerprint density at radius 2 is 1.52 bits per heavy atom. The van der Waals surface area contributed by atoms with Gasteiger partial charge in [-0.3, -0.25) is 4.79 Å². The lowest BCUT2D eigenvalue weighted by Gasteiger charge is -2.18. The van der Waals surface area contributed by atoms with Crippen LogP contribution < -0.4 is 5.32 Å². The summed E-state index contributed by atoms with van der Waals surface area (Å²) in [6.07, 6.45) is 0.433. The molecule has 0 aliphatic heterocycles. The van der Waals surface area contributed by atoms with Gasteiger partial charge in [-0.1, -0.05) is 78.9 Å². The van der Waals surface area contributed by atoms with Crippen LogP contribution in [0.25, 0.3) is 16.9 Å². The number of amides is 1. The van der Waals surface area contributed by atoms with Crippen molar-refractivity contribution in [3.05, 3.63) is 108 Å². The third-order valence-corrected chi connectivity index (χ3v) is 5.32.